The van der Waals surface area contributed by atoms with Crippen LogP contribution in [0.1, 0.15) is 50.5 Å². The van der Waals surface area contributed by atoms with Gasteiger partial charge in [0.1, 0.15) is 18.0 Å². The molecule has 2 aromatic rings. The number of benzene rings is 2. The van der Waals surface area contributed by atoms with E-state index in [0.717, 1.165) is 15.6 Å². The summed E-state index contributed by atoms with van der Waals surface area (Å²) in [5.74, 6) is 0.830. The molecule has 2 aliphatic carbocycles. The number of para-hydroxylation sites is 1. The molecule has 0 saturated heterocycles. The van der Waals surface area contributed by atoms with Crippen molar-refractivity contribution >= 4 is 34.4 Å². The first-order chi connectivity index (χ1) is 18.5. The Morgan fingerprint density at radius 2 is 1.76 bits per heavy atom. The molecule has 0 radical (unpaired) electrons. The molecule has 204 valence electrons. The van der Waals surface area contributed by atoms with Gasteiger partial charge in [-0.3, -0.25) is 9.59 Å². The van der Waals surface area contributed by atoms with Gasteiger partial charge in [0.15, 0.2) is 0 Å². The Kier molecular flexibility index (Phi) is 10.6. The van der Waals surface area contributed by atoms with E-state index in [1.807, 2.05) is 54.6 Å². The van der Waals surface area contributed by atoms with Crippen LogP contribution < -0.4 is 10.1 Å². The first kappa shape index (κ1) is 28.6. The van der Waals surface area contributed by atoms with Gasteiger partial charge in [-0.05, 0) is 58.7 Å². The largest absolute Gasteiger partial charge is 0.482 e. The van der Waals surface area contributed by atoms with E-state index >= 15 is 0 Å². The second-order valence-electron chi connectivity index (χ2n) is 10.1. The lowest BCUT2D eigenvalue weighted by atomic mass is 9.87. The summed E-state index contributed by atoms with van der Waals surface area (Å²) < 4.78 is 7.12. The number of ether oxygens (including phenoxy) is 1. The monoisotopic (exact) mass is 632 g/mol. The van der Waals surface area contributed by atoms with Crippen LogP contribution in [-0.2, 0) is 16.1 Å². The van der Waals surface area contributed by atoms with E-state index in [9.17, 15) is 19.8 Å². The number of nitrogens with zero attached hydrogens (tertiary/aromatic N) is 1. The number of nitrogens with one attached hydrogen (secondary N) is 1. The number of halogens is 1. The highest BCUT2D eigenvalue weighted by Gasteiger charge is 2.40. The van der Waals surface area contributed by atoms with E-state index in [1.54, 1.807) is 11.0 Å². The molecule has 0 bridgehead atoms. The number of rotatable bonds is 11. The molecule has 2 aromatic carbocycles. The summed E-state index contributed by atoms with van der Waals surface area (Å²) in [6, 6.07) is 16.6. The molecule has 3 unspecified atom stereocenters. The topological polar surface area (TPSA) is 99.1 Å². The van der Waals surface area contributed by atoms with Crippen LogP contribution in [0, 0.1) is 9.49 Å². The van der Waals surface area contributed by atoms with Crippen LogP contribution in [0.4, 0.5) is 0 Å². The van der Waals surface area contributed by atoms with Crippen molar-refractivity contribution in [2.24, 2.45) is 5.92 Å². The van der Waals surface area contributed by atoms with Crippen LogP contribution in [0.2, 0.25) is 0 Å². The first-order valence-corrected chi connectivity index (χ1v) is 14.6. The number of amides is 2. The Labute approximate surface area is 238 Å². The van der Waals surface area contributed by atoms with Crippen LogP contribution in [0.25, 0.3) is 0 Å². The molecule has 1 fully saturated rings. The third-order valence-electron chi connectivity index (χ3n) is 7.47. The van der Waals surface area contributed by atoms with Crippen molar-refractivity contribution in [3.8, 4) is 5.75 Å². The third kappa shape index (κ3) is 7.57. The van der Waals surface area contributed by atoms with Crippen LogP contribution in [0.5, 0.6) is 5.75 Å². The van der Waals surface area contributed by atoms with Crippen molar-refractivity contribution in [2.45, 2.75) is 69.7 Å². The molecule has 3 N–H and O–H groups in total. The normalized spacial score (nSPS) is 21.6. The summed E-state index contributed by atoms with van der Waals surface area (Å²) in [7, 11) is 0. The Bertz CT molecular complexity index is 1100. The maximum atomic E-state index is 13.7. The first-order valence-electron chi connectivity index (χ1n) is 13.5. The zero-order chi connectivity index (χ0) is 26.9. The van der Waals surface area contributed by atoms with E-state index in [4.69, 9.17) is 4.74 Å². The van der Waals surface area contributed by atoms with Crippen molar-refractivity contribution in [1.29, 1.82) is 0 Å². The number of hydrogen-bond acceptors (Lipinski definition) is 5. The van der Waals surface area contributed by atoms with Crippen LogP contribution in [-0.4, -0.2) is 58.3 Å². The van der Waals surface area contributed by atoms with Gasteiger partial charge in [0.2, 0.25) is 11.8 Å². The molecule has 0 spiro atoms. The summed E-state index contributed by atoms with van der Waals surface area (Å²) in [5, 5.41) is 23.5. The molecule has 2 aliphatic rings. The molecule has 0 aromatic heterocycles. The van der Waals surface area contributed by atoms with Crippen LogP contribution in [0.3, 0.4) is 0 Å². The quantitative estimate of drug-likeness (QED) is 0.323. The minimum atomic E-state index is -1.03. The zero-order valence-corrected chi connectivity index (χ0v) is 23.8. The maximum absolute atomic E-state index is 13.7. The van der Waals surface area contributed by atoms with Gasteiger partial charge in [0.05, 0.1) is 16.2 Å². The highest BCUT2D eigenvalue weighted by molar-refractivity contribution is 14.1. The third-order valence-corrected chi connectivity index (χ3v) is 8.36. The average Bonchev–Trinajstić information content (AvgIpc) is 3.46. The highest BCUT2D eigenvalue weighted by atomic mass is 127. The fourth-order valence-corrected chi connectivity index (χ4v) is 5.92. The molecule has 0 heterocycles. The van der Waals surface area contributed by atoms with Crippen molar-refractivity contribution < 1.29 is 24.5 Å². The lowest BCUT2D eigenvalue weighted by Crippen LogP contribution is -2.54. The van der Waals surface area contributed by atoms with Gasteiger partial charge in [-0.15, -0.1) is 0 Å². The zero-order valence-electron chi connectivity index (χ0n) is 21.6. The lowest BCUT2D eigenvalue weighted by molar-refractivity contribution is -0.139. The second kappa shape index (κ2) is 14.1. The predicted octanol–water partition coefficient (Wildman–Crippen LogP) is 4.21. The summed E-state index contributed by atoms with van der Waals surface area (Å²) >= 11 is 2.18. The Morgan fingerprint density at radius 3 is 2.47 bits per heavy atom. The molecule has 1 saturated carbocycles. The van der Waals surface area contributed by atoms with Crippen molar-refractivity contribution in [1.82, 2.24) is 10.2 Å². The number of carbonyl (C=O) groups is 2. The number of aliphatic hydroxyl groups excluding tert-OH is 2. The fraction of sp³-hybridized carbons (Fsp3) is 0.467. The second-order valence-corrected chi connectivity index (χ2v) is 11.3. The SMILES string of the molecule is O=C(NCCO)C1=CC(Oc2ccccc2I)C(O)C(N(Cc2ccccc2)C(=O)CCC2CCCC2)C1. The van der Waals surface area contributed by atoms with Gasteiger partial charge in [0, 0.05) is 31.5 Å². The van der Waals surface area contributed by atoms with E-state index in [1.165, 1.54) is 25.7 Å². The number of hydrogen-bond donors (Lipinski definition) is 3. The predicted molar refractivity (Wildman–Crippen MR) is 154 cm³/mol. The smallest absolute Gasteiger partial charge is 0.247 e. The Balaban J connectivity index is 1.62. The minimum absolute atomic E-state index is 0.0186. The molecule has 3 atom stereocenters. The average molecular weight is 633 g/mol. The van der Waals surface area contributed by atoms with E-state index in [-0.39, 0.29) is 31.4 Å². The van der Waals surface area contributed by atoms with Crippen molar-refractivity contribution in [2.75, 3.05) is 13.2 Å². The molecule has 7 nitrogen and oxygen atoms in total. The Hall–Kier alpha value is -2.43. The molecule has 8 heteroatoms. The molecule has 0 aliphatic heterocycles. The Morgan fingerprint density at radius 1 is 1.05 bits per heavy atom. The summed E-state index contributed by atoms with van der Waals surface area (Å²) in [6.07, 6.45) is 6.05. The maximum Gasteiger partial charge on any atom is 0.247 e. The lowest BCUT2D eigenvalue weighted by Gasteiger charge is -2.41. The highest BCUT2D eigenvalue weighted by Crippen LogP contribution is 2.32. The molecular weight excluding hydrogens is 595 g/mol. The molecule has 38 heavy (non-hydrogen) atoms. The summed E-state index contributed by atoms with van der Waals surface area (Å²) in [4.78, 5) is 28.5. The summed E-state index contributed by atoms with van der Waals surface area (Å²) in [5.41, 5.74) is 1.40. The van der Waals surface area contributed by atoms with Gasteiger partial charge in [-0.25, -0.2) is 0 Å². The van der Waals surface area contributed by atoms with Crippen LogP contribution in [0.15, 0.2) is 66.2 Å². The van der Waals surface area contributed by atoms with Crippen molar-refractivity contribution in [3.63, 3.8) is 0 Å². The van der Waals surface area contributed by atoms with Gasteiger partial charge in [-0.2, -0.15) is 0 Å². The van der Waals surface area contributed by atoms with E-state index < -0.39 is 18.2 Å². The number of aliphatic hydroxyl groups is 2. The molecular formula is C30H37IN2O5. The molecule has 2 amide bonds. The van der Waals surface area contributed by atoms with Crippen molar-refractivity contribution in [3.05, 3.63) is 75.4 Å². The summed E-state index contributed by atoms with van der Waals surface area (Å²) in [6.45, 7) is 0.291. The van der Waals surface area contributed by atoms with Gasteiger partial charge in [-0.1, -0.05) is 68.1 Å². The van der Waals surface area contributed by atoms with Gasteiger partial charge >= 0.3 is 0 Å². The standard InChI is InChI=1S/C30H37IN2O5/c31-24-12-6-7-13-26(24)38-27-19-23(30(37)32-16-17-34)18-25(29(27)36)33(20-22-10-2-1-3-11-22)28(35)15-14-21-8-4-5-9-21/h1-3,6-7,10-13,19,21,25,27,29,34,36H,4-5,8-9,14-18,20H2,(H,32,37). The van der Waals surface area contributed by atoms with Crippen LogP contribution >= 0.6 is 22.6 Å². The van der Waals surface area contributed by atoms with E-state index in [0.29, 0.717) is 30.2 Å². The van der Waals surface area contributed by atoms with Gasteiger partial charge < -0.3 is 25.2 Å². The number of carbonyl (C=O) groups excluding carboxylic acids is 2. The minimum Gasteiger partial charge on any atom is -0.482 e. The van der Waals surface area contributed by atoms with Gasteiger partial charge in [0.25, 0.3) is 0 Å². The van der Waals surface area contributed by atoms with E-state index in [2.05, 4.69) is 27.9 Å². The molecule has 4 rings (SSSR count). The fourth-order valence-electron chi connectivity index (χ4n) is 5.41.